The molecule has 0 aliphatic carbocycles. The summed E-state index contributed by atoms with van der Waals surface area (Å²) < 4.78 is 2.28. The molecule has 0 radical (unpaired) electrons. The summed E-state index contributed by atoms with van der Waals surface area (Å²) in [5.41, 5.74) is 1.99. The number of hydrogen-bond donors (Lipinski definition) is 0. The zero-order chi connectivity index (χ0) is 15.1. The summed E-state index contributed by atoms with van der Waals surface area (Å²) in [6.45, 7) is 4.44. The van der Waals surface area contributed by atoms with Gasteiger partial charge in [0.05, 0.1) is 0 Å². The van der Waals surface area contributed by atoms with Crippen LogP contribution in [0.3, 0.4) is 0 Å². The first-order chi connectivity index (χ1) is 10.7. The summed E-state index contributed by atoms with van der Waals surface area (Å²) in [5.74, 6) is 1.71. The van der Waals surface area contributed by atoms with Gasteiger partial charge in [0, 0.05) is 17.0 Å². The lowest BCUT2D eigenvalue weighted by molar-refractivity contribution is 0.250. The van der Waals surface area contributed by atoms with Crippen LogP contribution in [-0.4, -0.2) is 39.6 Å². The Morgan fingerprint density at radius 2 is 2.00 bits per heavy atom. The van der Waals surface area contributed by atoms with Crippen LogP contribution in [0.15, 0.2) is 30.5 Å². The van der Waals surface area contributed by atoms with Crippen molar-refractivity contribution in [3.63, 3.8) is 0 Å². The van der Waals surface area contributed by atoms with Gasteiger partial charge in [-0.3, -0.25) is 4.57 Å². The maximum Gasteiger partial charge on any atom is 0.165 e. The van der Waals surface area contributed by atoms with Gasteiger partial charge in [0.2, 0.25) is 0 Å². The van der Waals surface area contributed by atoms with Gasteiger partial charge in [-0.15, -0.1) is 11.3 Å². The number of imidazole rings is 1. The Labute approximate surface area is 134 Å². The summed E-state index contributed by atoms with van der Waals surface area (Å²) in [5, 5.41) is 1.23. The van der Waals surface area contributed by atoms with Gasteiger partial charge in [0.25, 0.3) is 0 Å². The quantitative estimate of drug-likeness (QED) is 0.725. The molecule has 0 aromatic carbocycles. The van der Waals surface area contributed by atoms with E-state index >= 15 is 0 Å². The number of pyridine rings is 1. The van der Waals surface area contributed by atoms with Crippen LogP contribution in [-0.2, 0) is 0 Å². The number of likely N-dealkylation sites (tertiary alicyclic amines) is 1. The van der Waals surface area contributed by atoms with E-state index in [1.165, 1.54) is 28.5 Å². The predicted molar refractivity (Wildman–Crippen MR) is 91.0 cm³/mol. The van der Waals surface area contributed by atoms with Crippen LogP contribution in [0.1, 0.15) is 29.5 Å². The molecule has 0 spiro atoms. The van der Waals surface area contributed by atoms with Crippen molar-refractivity contribution in [1.82, 2.24) is 19.4 Å². The zero-order valence-electron chi connectivity index (χ0n) is 13.0. The van der Waals surface area contributed by atoms with E-state index < -0.39 is 0 Å². The third kappa shape index (κ3) is 2.34. The Kier molecular flexibility index (Phi) is 3.47. The SMILES string of the molecule is Cc1ccc(-n2c(C3CCN(C)CC3)nc3cccnc32)s1. The average Bonchev–Trinajstić information content (AvgIpc) is 3.11. The molecule has 0 amide bonds. The largest absolute Gasteiger partial charge is 0.306 e. The van der Waals surface area contributed by atoms with Gasteiger partial charge >= 0.3 is 0 Å². The van der Waals surface area contributed by atoms with Gasteiger partial charge < -0.3 is 4.90 Å². The molecular formula is C17H20N4S. The minimum absolute atomic E-state index is 0.521. The van der Waals surface area contributed by atoms with E-state index in [1.807, 2.05) is 23.6 Å². The first-order valence-corrected chi connectivity index (χ1v) is 8.63. The summed E-state index contributed by atoms with van der Waals surface area (Å²) in [6, 6.07) is 8.40. The van der Waals surface area contributed by atoms with E-state index in [0.717, 1.165) is 24.3 Å². The Hall–Kier alpha value is -1.72. The molecule has 22 heavy (non-hydrogen) atoms. The molecular weight excluding hydrogens is 292 g/mol. The molecule has 3 aromatic heterocycles. The Balaban J connectivity index is 1.86. The highest BCUT2D eigenvalue weighted by Crippen LogP contribution is 2.33. The molecule has 3 aromatic rings. The standard InChI is InChI=1S/C17H20N4S/c1-12-5-6-15(22-12)21-16(13-7-10-20(2)11-8-13)19-14-4-3-9-18-17(14)21/h3-6,9,13H,7-8,10-11H2,1-2H3. The smallest absolute Gasteiger partial charge is 0.165 e. The van der Waals surface area contributed by atoms with Gasteiger partial charge in [-0.1, -0.05) is 0 Å². The lowest BCUT2D eigenvalue weighted by atomic mass is 9.96. The summed E-state index contributed by atoms with van der Waals surface area (Å²) in [4.78, 5) is 13.3. The van der Waals surface area contributed by atoms with Crippen molar-refractivity contribution in [2.24, 2.45) is 0 Å². The lowest BCUT2D eigenvalue weighted by Crippen LogP contribution is -2.30. The summed E-state index contributed by atoms with van der Waals surface area (Å²) in [6.07, 6.45) is 4.20. The first kappa shape index (κ1) is 13.9. The van der Waals surface area contributed by atoms with Crippen LogP contribution in [0.25, 0.3) is 16.2 Å². The maximum atomic E-state index is 4.94. The van der Waals surface area contributed by atoms with Crippen molar-refractivity contribution >= 4 is 22.5 Å². The third-order valence-electron chi connectivity index (χ3n) is 4.47. The topological polar surface area (TPSA) is 34.0 Å². The Morgan fingerprint density at radius 3 is 2.73 bits per heavy atom. The molecule has 0 saturated carbocycles. The number of nitrogens with zero attached hydrogens (tertiary/aromatic N) is 4. The molecule has 1 aliphatic rings. The second-order valence-corrected chi connectivity index (χ2v) is 7.38. The van der Waals surface area contributed by atoms with Crippen LogP contribution < -0.4 is 0 Å². The van der Waals surface area contributed by atoms with E-state index in [0.29, 0.717) is 5.92 Å². The van der Waals surface area contributed by atoms with E-state index in [9.17, 15) is 0 Å². The number of thiophene rings is 1. The number of aryl methyl sites for hydroxylation is 1. The Bertz CT molecular complexity index is 796. The summed E-state index contributed by atoms with van der Waals surface area (Å²) in [7, 11) is 2.20. The number of fused-ring (bicyclic) bond motifs is 1. The molecule has 4 nitrogen and oxygen atoms in total. The second-order valence-electron chi connectivity index (χ2n) is 6.11. The average molecular weight is 312 g/mol. The second kappa shape index (κ2) is 5.48. The highest BCUT2D eigenvalue weighted by Gasteiger charge is 2.25. The third-order valence-corrected chi connectivity index (χ3v) is 5.46. The molecule has 1 aliphatic heterocycles. The summed E-state index contributed by atoms with van der Waals surface area (Å²) >= 11 is 1.81. The van der Waals surface area contributed by atoms with Crippen LogP contribution in [0, 0.1) is 6.92 Å². The van der Waals surface area contributed by atoms with Crippen LogP contribution in [0.5, 0.6) is 0 Å². The minimum Gasteiger partial charge on any atom is -0.306 e. The van der Waals surface area contributed by atoms with E-state index in [1.54, 1.807) is 0 Å². The van der Waals surface area contributed by atoms with Gasteiger partial charge in [0.15, 0.2) is 5.65 Å². The number of hydrogen-bond acceptors (Lipinski definition) is 4. The fourth-order valence-corrected chi connectivity index (χ4v) is 4.10. The molecule has 0 N–H and O–H groups in total. The molecule has 0 bridgehead atoms. The molecule has 114 valence electrons. The molecule has 0 unspecified atom stereocenters. The molecule has 1 saturated heterocycles. The number of piperidine rings is 1. The van der Waals surface area contributed by atoms with Crippen molar-refractivity contribution in [1.29, 1.82) is 0 Å². The van der Waals surface area contributed by atoms with Gasteiger partial charge in [-0.05, 0) is 64.2 Å². The maximum absolute atomic E-state index is 4.94. The fraction of sp³-hybridized carbons (Fsp3) is 0.412. The van der Waals surface area contributed by atoms with E-state index in [2.05, 4.69) is 46.6 Å². The van der Waals surface area contributed by atoms with Gasteiger partial charge in [-0.2, -0.15) is 0 Å². The van der Waals surface area contributed by atoms with Crippen LogP contribution in [0.2, 0.25) is 0 Å². The molecule has 4 rings (SSSR count). The molecule has 4 heterocycles. The van der Waals surface area contributed by atoms with Crippen molar-refractivity contribution < 1.29 is 0 Å². The van der Waals surface area contributed by atoms with Crippen LogP contribution >= 0.6 is 11.3 Å². The van der Waals surface area contributed by atoms with E-state index in [4.69, 9.17) is 4.98 Å². The monoisotopic (exact) mass is 312 g/mol. The highest BCUT2D eigenvalue weighted by molar-refractivity contribution is 7.14. The molecule has 1 fully saturated rings. The predicted octanol–water partition coefficient (Wildman–Crippen LogP) is 3.60. The van der Waals surface area contributed by atoms with Crippen molar-refractivity contribution in [2.45, 2.75) is 25.7 Å². The van der Waals surface area contributed by atoms with Crippen LogP contribution in [0.4, 0.5) is 0 Å². The first-order valence-electron chi connectivity index (χ1n) is 7.81. The molecule has 5 heteroatoms. The minimum atomic E-state index is 0.521. The number of rotatable bonds is 2. The normalized spacial score (nSPS) is 17.4. The van der Waals surface area contributed by atoms with E-state index in [-0.39, 0.29) is 0 Å². The van der Waals surface area contributed by atoms with Crippen molar-refractivity contribution in [2.75, 3.05) is 20.1 Å². The lowest BCUT2D eigenvalue weighted by Gasteiger charge is -2.28. The van der Waals surface area contributed by atoms with Gasteiger partial charge in [0.1, 0.15) is 16.3 Å². The van der Waals surface area contributed by atoms with Gasteiger partial charge in [-0.25, -0.2) is 9.97 Å². The van der Waals surface area contributed by atoms with Crippen molar-refractivity contribution in [3.05, 3.63) is 41.2 Å². The zero-order valence-corrected chi connectivity index (χ0v) is 13.8. The molecule has 0 atom stereocenters. The Morgan fingerprint density at radius 1 is 1.18 bits per heavy atom. The highest BCUT2D eigenvalue weighted by atomic mass is 32.1. The number of aromatic nitrogens is 3. The fourth-order valence-electron chi connectivity index (χ4n) is 3.23. The van der Waals surface area contributed by atoms with Crippen molar-refractivity contribution in [3.8, 4) is 5.00 Å².